The zero-order valence-corrected chi connectivity index (χ0v) is 14.7. The lowest BCUT2D eigenvalue weighted by Gasteiger charge is -2.26. The van der Waals surface area contributed by atoms with E-state index in [1.54, 1.807) is 0 Å². The van der Waals surface area contributed by atoms with Gasteiger partial charge in [-0.1, -0.05) is 18.2 Å². The van der Waals surface area contributed by atoms with Crippen LogP contribution in [-0.4, -0.2) is 68.3 Å². The highest BCUT2D eigenvalue weighted by molar-refractivity contribution is 5.83. The molecule has 1 aliphatic heterocycles. The van der Waals surface area contributed by atoms with Crippen molar-refractivity contribution in [3.8, 4) is 0 Å². The highest BCUT2D eigenvalue weighted by Crippen LogP contribution is 2.17. The van der Waals surface area contributed by atoms with Gasteiger partial charge in [-0.15, -0.1) is 0 Å². The van der Waals surface area contributed by atoms with Gasteiger partial charge in [0, 0.05) is 56.2 Å². The number of para-hydroxylation sites is 1. The van der Waals surface area contributed by atoms with Crippen LogP contribution in [-0.2, 0) is 16.0 Å². The zero-order chi connectivity index (χ0) is 17.3. The number of benzene rings is 1. The van der Waals surface area contributed by atoms with Crippen LogP contribution in [0.1, 0.15) is 12.0 Å². The molecule has 0 unspecified atom stereocenters. The standard InChI is InChI=1S/C19H28N4O2/c24-19(21-9-10-23-11-13-25-14-12-23)6-8-20-7-5-16-15-22-18-4-2-1-3-17(16)18/h1-4,15,20,22H,5-14H2,(H,21,24). The van der Waals surface area contributed by atoms with E-state index in [-0.39, 0.29) is 5.91 Å². The smallest absolute Gasteiger partial charge is 0.221 e. The Morgan fingerprint density at radius 3 is 2.88 bits per heavy atom. The molecule has 0 bridgehead atoms. The van der Waals surface area contributed by atoms with Crippen LogP contribution in [0.4, 0.5) is 0 Å². The number of morpholine rings is 1. The Hall–Kier alpha value is -1.89. The lowest BCUT2D eigenvalue weighted by molar-refractivity contribution is -0.121. The number of hydrogen-bond acceptors (Lipinski definition) is 4. The number of carbonyl (C=O) groups is 1. The lowest BCUT2D eigenvalue weighted by Crippen LogP contribution is -2.41. The number of ether oxygens (including phenoxy) is 1. The van der Waals surface area contributed by atoms with Crippen molar-refractivity contribution in [2.75, 3.05) is 52.5 Å². The third-order valence-electron chi connectivity index (χ3n) is 4.63. The molecule has 1 aromatic carbocycles. The number of aromatic amines is 1. The number of H-pyrrole nitrogens is 1. The molecular formula is C19H28N4O2. The molecule has 2 heterocycles. The topological polar surface area (TPSA) is 69.4 Å². The van der Waals surface area contributed by atoms with Crippen molar-refractivity contribution in [2.45, 2.75) is 12.8 Å². The van der Waals surface area contributed by atoms with E-state index in [4.69, 9.17) is 4.74 Å². The van der Waals surface area contributed by atoms with Gasteiger partial charge in [0.15, 0.2) is 0 Å². The number of nitrogens with zero attached hydrogens (tertiary/aromatic N) is 1. The first-order chi connectivity index (χ1) is 12.3. The van der Waals surface area contributed by atoms with Gasteiger partial charge in [-0.25, -0.2) is 0 Å². The zero-order valence-electron chi connectivity index (χ0n) is 14.7. The minimum Gasteiger partial charge on any atom is -0.379 e. The van der Waals surface area contributed by atoms with Gasteiger partial charge in [0.2, 0.25) is 5.91 Å². The molecule has 0 spiro atoms. The maximum absolute atomic E-state index is 11.9. The van der Waals surface area contributed by atoms with Gasteiger partial charge in [0.05, 0.1) is 13.2 Å². The first kappa shape index (κ1) is 17.9. The Labute approximate surface area is 148 Å². The molecule has 6 heteroatoms. The number of amides is 1. The summed E-state index contributed by atoms with van der Waals surface area (Å²) in [4.78, 5) is 17.5. The number of carbonyl (C=O) groups excluding carboxylic acids is 1. The van der Waals surface area contributed by atoms with E-state index in [1.807, 2.05) is 6.07 Å². The fraction of sp³-hybridized carbons (Fsp3) is 0.526. The average Bonchev–Trinajstić information content (AvgIpc) is 3.06. The minimum atomic E-state index is 0.118. The van der Waals surface area contributed by atoms with E-state index in [0.717, 1.165) is 45.8 Å². The second-order valence-electron chi connectivity index (χ2n) is 6.41. The average molecular weight is 344 g/mol. The van der Waals surface area contributed by atoms with Crippen molar-refractivity contribution in [3.05, 3.63) is 36.0 Å². The second kappa shape index (κ2) is 9.56. The first-order valence-corrected chi connectivity index (χ1v) is 9.15. The van der Waals surface area contributed by atoms with E-state index in [1.165, 1.54) is 16.5 Å². The van der Waals surface area contributed by atoms with Gasteiger partial charge >= 0.3 is 0 Å². The molecule has 2 aromatic rings. The molecule has 0 aliphatic carbocycles. The summed E-state index contributed by atoms with van der Waals surface area (Å²) >= 11 is 0. The summed E-state index contributed by atoms with van der Waals surface area (Å²) in [6.07, 6.45) is 3.56. The van der Waals surface area contributed by atoms with Gasteiger partial charge < -0.3 is 20.4 Å². The molecule has 1 saturated heterocycles. The highest BCUT2D eigenvalue weighted by atomic mass is 16.5. The van der Waals surface area contributed by atoms with Crippen molar-refractivity contribution >= 4 is 16.8 Å². The molecule has 25 heavy (non-hydrogen) atoms. The van der Waals surface area contributed by atoms with Crippen LogP contribution in [0.5, 0.6) is 0 Å². The van der Waals surface area contributed by atoms with Crippen LogP contribution in [0.2, 0.25) is 0 Å². The number of nitrogens with one attached hydrogen (secondary N) is 3. The highest BCUT2D eigenvalue weighted by Gasteiger charge is 2.10. The molecule has 0 atom stereocenters. The van der Waals surface area contributed by atoms with Crippen LogP contribution >= 0.6 is 0 Å². The van der Waals surface area contributed by atoms with E-state index < -0.39 is 0 Å². The van der Waals surface area contributed by atoms with Gasteiger partial charge in [-0.3, -0.25) is 9.69 Å². The second-order valence-corrected chi connectivity index (χ2v) is 6.41. The Morgan fingerprint density at radius 1 is 1.16 bits per heavy atom. The molecule has 1 aromatic heterocycles. The van der Waals surface area contributed by atoms with Crippen molar-refractivity contribution < 1.29 is 9.53 Å². The third kappa shape index (κ3) is 5.56. The van der Waals surface area contributed by atoms with Crippen molar-refractivity contribution in [1.82, 2.24) is 20.5 Å². The SMILES string of the molecule is O=C(CCNCCc1c[nH]c2ccccc12)NCCN1CCOCC1. The van der Waals surface area contributed by atoms with Gasteiger partial charge in [0.1, 0.15) is 0 Å². The largest absolute Gasteiger partial charge is 0.379 e. The van der Waals surface area contributed by atoms with Crippen molar-refractivity contribution in [3.63, 3.8) is 0 Å². The summed E-state index contributed by atoms with van der Waals surface area (Å²) in [5.74, 6) is 0.118. The molecule has 3 N–H and O–H groups in total. The monoisotopic (exact) mass is 344 g/mol. The maximum atomic E-state index is 11.9. The number of hydrogen-bond donors (Lipinski definition) is 3. The van der Waals surface area contributed by atoms with E-state index in [2.05, 4.69) is 44.9 Å². The molecule has 1 fully saturated rings. The summed E-state index contributed by atoms with van der Waals surface area (Å²) < 4.78 is 5.31. The Kier molecular flexibility index (Phi) is 6.85. The Morgan fingerprint density at radius 2 is 2.00 bits per heavy atom. The van der Waals surface area contributed by atoms with Crippen molar-refractivity contribution in [2.24, 2.45) is 0 Å². The summed E-state index contributed by atoms with van der Waals surface area (Å²) in [6, 6.07) is 8.34. The molecule has 136 valence electrons. The van der Waals surface area contributed by atoms with Crippen LogP contribution in [0.3, 0.4) is 0 Å². The van der Waals surface area contributed by atoms with E-state index >= 15 is 0 Å². The van der Waals surface area contributed by atoms with Crippen LogP contribution in [0.15, 0.2) is 30.5 Å². The molecule has 0 radical (unpaired) electrons. The Balaban J connectivity index is 1.25. The third-order valence-corrected chi connectivity index (χ3v) is 4.63. The van der Waals surface area contributed by atoms with E-state index in [0.29, 0.717) is 19.5 Å². The number of aromatic nitrogens is 1. The van der Waals surface area contributed by atoms with Crippen LogP contribution in [0, 0.1) is 0 Å². The molecule has 3 rings (SSSR count). The maximum Gasteiger partial charge on any atom is 0.221 e. The fourth-order valence-corrected chi connectivity index (χ4v) is 3.16. The normalized spacial score (nSPS) is 15.5. The van der Waals surface area contributed by atoms with Crippen LogP contribution < -0.4 is 10.6 Å². The fourth-order valence-electron chi connectivity index (χ4n) is 3.16. The predicted molar refractivity (Wildman–Crippen MR) is 99.8 cm³/mol. The van der Waals surface area contributed by atoms with Crippen molar-refractivity contribution in [1.29, 1.82) is 0 Å². The van der Waals surface area contributed by atoms with Gasteiger partial charge in [0.25, 0.3) is 0 Å². The first-order valence-electron chi connectivity index (χ1n) is 9.15. The number of fused-ring (bicyclic) bond motifs is 1. The van der Waals surface area contributed by atoms with Gasteiger partial charge in [-0.2, -0.15) is 0 Å². The summed E-state index contributed by atoms with van der Waals surface area (Å²) in [6.45, 7) is 6.74. The Bertz CT molecular complexity index is 664. The van der Waals surface area contributed by atoms with Crippen LogP contribution in [0.25, 0.3) is 10.9 Å². The summed E-state index contributed by atoms with van der Waals surface area (Å²) in [5, 5.41) is 7.63. The molecule has 0 saturated carbocycles. The molecule has 1 aliphatic rings. The molecule has 6 nitrogen and oxygen atoms in total. The summed E-state index contributed by atoms with van der Waals surface area (Å²) in [5.41, 5.74) is 2.50. The predicted octanol–water partition coefficient (Wildman–Crippen LogP) is 1.14. The summed E-state index contributed by atoms with van der Waals surface area (Å²) in [7, 11) is 0. The van der Waals surface area contributed by atoms with E-state index in [9.17, 15) is 4.79 Å². The minimum absolute atomic E-state index is 0.118. The van der Waals surface area contributed by atoms with Gasteiger partial charge in [-0.05, 0) is 24.6 Å². The molecule has 1 amide bonds. The quantitative estimate of drug-likeness (QED) is 0.597. The molecular weight excluding hydrogens is 316 g/mol. The lowest BCUT2D eigenvalue weighted by atomic mass is 10.1. The number of rotatable bonds is 9.